The number of rotatable bonds is 5. The molecular weight excluding hydrogens is 354 g/mol. The minimum Gasteiger partial charge on any atom is -0.338 e. The van der Waals surface area contributed by atoms with E-state index < -0.39 is 0 Å². The Balaban J connectivity index is 2.01. The number of carbonyl (C=O) groups excluding carboxylic acids is 1. The number of hydrogen-bond acceptors (Lipinski definition) is 3. The van der Waals surface area contributed by atoms with Crippen LogP contribution in [-0.2, 0) is 0 Å². The van der Waals surface area contributed by atoms with Crippen molar-refractivity contribution in [2.75, 3.05) is 32.1 Å². The number of fused-ring (bicyclic) bond motifs is 1. The second kappa shape index (κ2) is 7.52. The second-order valence-corrected chi connectivity index (χ2v) is 7.79. The van der Waals surface area contributed by atoms with Gasteiger partial charge in [0.1, 0.15) is 0 Å². The number of nitrogens with zero attached hydrogens (tertiary/aromatic N) is 2. The summed E-state index contributed by atoms with van der Waals surface area (Å²) in [6.45, 7) is 3.48. The maximum atomic E-state index is 13.1. The zero-order chi connectivity index (χ0) is 18.0. The standard InChI is InChI=1S/C19H20ClN3OS/c1-13-6-4-9-16-17(13)21-19(25-16)23(11-10-22(2)3)18(24)14-7-5-8-15(20)12-14/h4-9,12H,10-11H2,1-3H3/p+1. The van der Waals surface area contributed by atoms with Crippen LogP contribution in [0.3, 0.4) is 0 Å². The molecule has 0 fully saturated rings. The Morgan fingerprint density at radius 2 is 2.00 bits per heavy atom. The quantitative estimate of drug-likeness (QED) is 0.745. The van der Waals surface area contributed by atoms with Gasteiger partial charge in [-0.05, 0) is 36.8 Å². The van der Waals surface area contributed by atoms with Crippen LogP contribution < -0.4 is 9.80 Å². The molecule has 1 N–H and O–H groups in total. The molecule has 1 aromatic heterocycles. The predicted octanol–water partition coefficient (Wildman–Crippen LogP) is 3.05. The summed E-state index contributed by atoms with van der Waals surface area (Å²) in [6, 6.07) is 13.2. The molecule has 4 nitrogen and oxygen atoms in total. The highest BCUT2D eigenvalue weighted by molar-refractivity contribution is 7.22. The van der Waals surface area contributed by atoms with Crippen LogP contribution in [0, 0.1) is 6.92 Å². The number of amides is 1. The molecular formula is C19H21ClN3OS+. The van der Waals surface area contributed by atoms with Gasteiger partial charge >= 0.3 is 0 Å². The van der Waals surface area contributed by atoms with Gasteiger partial charge in [-0.2, -0.15) is 0 Å². The fourth-order valence-corrected chi connectivity index (χ4v) is 3.84. The molecule has 25 heavy (non-hydrogen) atoms. The van der Waals surface area contributed by atoms with Crippen LogP contribution in [-0.4, -0.2) is 38.1 Å². The highest BCUT2D eigenvalue weighted by Crippen LogP contribution is 2.31. The van der Waals surface area contributed by atoms with Crippen LogP contribution >= 0.6 is 22.9 Å². The molecule has 0 bridgehead atoms. The van der Waals surface area contributed by atoms with Gasteiger partial charge in [-0.15, -0.1) is 0 Å². The lowest BCUT2D eigenvalue weighted by Crippen LogP contribution is -3.06. The number of hydrogen-bond donors (Lipinski definition) is 1. The summed E-state index contributed by atoms with van der Waals surface area (Å²) in [5, 5.41) is 1.29. The van der Waals surface area contributed by atoms with E-state index in [4.69, 9.17) is 16.6 Å². The van der Waals surface area contributed by atoms with E-state index in [-0.39, 0.29) is 5.91 Å². The number of anilines is 1. The van der Waals surface area contributed by atoms with Crippen molar-refractivity contribution in [3.63, 3.8) is 0 Å². The first-order valence-electron chi connectivity index (χ1n) is 8.18. The first-order chi connectivity index (χ1) is 12.0. The number of carbonyl (C=O) groups is 1. The van der Waals surface area contributed by atoms with E-state index in [1.807, 2.05) is 25.1 Å². The number of benzene rings is 2. The fourth-order valence-electron chi connectivity index (χ4n) is 2.59. The Kier molecular flexibility index (Phi) is 5.37. The number of thiazole rings is 1. The summed E-state index contributed by atoms with van der Waals surface area (Å²) in [7, 11) is 4.15. The maximum Gasteiger partial charge on any atom is 0.260 e. The number of quaternary nitrogens is 1. The molecule has 1 heterocycles. The average Bonchev–Trinajstić information content (AvgIpc) is 3.00. The summed E-state index contributed by atoms with van der Waals surface area (Å²) in [6.07, 6.45) is 0. The molecule has 3 rings (SSSR count). The molecule has 3 aromatic rings. The normalized spacial score (nSPS) is 11.2. The predicted molar refractivity (Wildman–Crippen MR) is 105 cm³/mol. The Morgan fingerprint density at radius 1 is 1.24 bits per heavy atom. The van der Waals surface area contributed by atoms with Crippen LogP contribution in [0.25, 0.3) is 10.2 Å². The van der Waals surface area contributed by atoms with Crippen molar-refractivity contribution in [1.29, 1.82) is 0 Å². The molecule has 0 atom stereocenters. The van der Waals surface area contributed by atoms with Gasteiger partial charge in [0.2, 0.25) is 0 Å². The van der Waals surface area contributed by atoms with Crippen LogP contribution in [0.1, 0.15) is 15.9 Å². The Bertz CT molecular complexity index is 907. The number of aromatic nitrogens is 1. The minimum atomic E-state index is -0.0690. The highest BCUT2D eigenvalue weighted by atomic mass is 35.5. The molecule has 0 aliphatic carbocycles. The molecule has 0 aliphatic rings. The third kappa shape index (κ3) is 4.00. The zero-order valence-electron chi connectivity index (χ0n) is 14.5. The lowest BCUT2D eigenvalue weighted by atomic mass is 10.2. The van der Waals surface area contributed by atoms with Crippen molar-refractivity contribution in [3.8, 4) is 0 Å². The summed E-state index contributed by atoms with van der Waals surface area (Å²) in [5.41, 5.74) is 2.66. The van der Waals surface area contributed by atoms with Crippen molar-refractivity contribution in [3.05, 3.63) is 58.6 Å². The Morgan fingerprint density at radius 3 is 2.68 bits per heavy atom. The van der Waals surface area contributed by atoms with Gasteiger partial charge in [-0.3, -0.25) is 9.69 Å². The van der Waals surface area contributed by atoms with Gasteiger partial charge in [-0.25, -0.2) is 4.98 Å². The number of nitrogens with one attached hydrogen (secondary N) is 1. The van der Waals surface area contributed by atoms with E-state index in [0.29, 0.717) is 17.1 Å². The maximum absolute atomic E-state index is 13.1. The number of likely N-dealkylation sites (N-methyl/N-ethyl adjacent to an activating group) is 1. The highest BCUT2D eigenvalue weighted by Gasteiger charge is 2.22. The van der Waals surface area contributed by atoms with Gasteiger partial charge in [0.15, 0.2) is 5.13 Å². The van der Waals surface area contributed by atoms with Crippen LogP contribution in [0.15, 0.2) is 42.5 Å². The zero-order valence-corrected chi connectivity index (χ0v) is 16.1. The monoisotopic (exact) mass is 374 g/mol. The van der Waals surface area contributed by atoms with Crippen molar-refractivity contribution in [2.45, 2.75) is 6.92 Å². The second-order valence-electron chi connectivity index (χ2n) is 6.34. The molecule has 0 saturated heterocycles. The third-order valence-electron chi connectivity index (χ3n) is 3.99. The molecule has 0 aliphatic heterocycles. The van der Waals surface area contributed by atoms with Crippen molar-refractivity contribution >= 4 is 44.2 Å². The summed E-state index contributed by atoms with van der Waals surface area (Å²) in [4.78, 5) is 20.9. The molecule has 0 radical (unpaired) electrons. The number of para-hydroxylation sites is 1. The topological polar surface area (TPSA) is 37.6 Å². The SMILES string of the molecule is Cc1cccc2sc(N(CC[NH+](C)C)C(=O)c3cccc(Cl)c3)nc12. The fraction of sp³-hybridized carbons (Fsp3) is 0.263. The lowest BCUT2D eigenvalue weighted by Gasteiger charge is -2.20. The lowest BCUT2D eigenvalue weighted by molar-refractivity contribution is -0.856. The minimum absolute atomic E-state index is 0.0690. The summed E-state index contributed by atoms with van der Waals surface area (Å²) >= 11 is 7.61. The van der Waals surface area contributed by atoms with Crippen molar-refractivity contribution in [2.24, 2.45) is 0 Å². The first-order valence-corrected chi connectivity index (χ1v) is 9.38. The van der Waals surface area contributed by atoms with Crippen LogP contribution in [0.5, 0.6) is 0 Å². The van der Waals surface area contributed by atoms with E-state index in [9.17, 15) is 4.79 Å². The molecule has 6 heteroatoms. The number of aryl methyl sites for hydroxylation is 1. The Hall–Kier alpha value is -1.95. The van der Waals surface area contributed by atoms with E-state index in [0.717, 1.165) is 27.5 Å². The van der Waals surface area contributed by atoms with Crippen LogP contribution in [0.2, 0.25) is 5.02 Å². The molecule has 0 unspecified atom stereocenters. The van der Waals surface area contributed by atoms with Crippen molar-refractivity contribution in [1.82, 2.24) is 4.98 Å². The van der Waals surface area contributed by atoms with E-state index in [1.165, 1.54) is 4.90 Å². The first kappa shape index (κ1) is 17.9. The third-order valence-corrected chi connectivity index (χ3v) is 5.27. The average molecular weight is 375 g/mol. The smallest absolute Gasteiger partial charge is 0.260 e. The van der Waals surface area contributed by atoms with Gasteiger partial charge in [-0.1, -0.05) is 41.1 Å². The summed E-state index contributed by atoms with van der Waals surface area (Å²) < 4.78 is 1.09. The molecule has 0 saturated carbocycles. The van der Waals surface area contributed by atoms with Gasteiger partial charge in [0.05, 0.1) is 37.4 Å². The molecule has 2 aromatic carbocycles. The molecule has 130 valence electrons. The van der Waals surface area contributed by atoms with E-state index >= 15 is 0 Å². The molecule has 1 amide bonds. The van der Waals surface area contributed by atoms with Gasteiger partial charge in [0, 0.05) is 10.6 Å². The number of halogens is 1. The largest absolute Gasteiger partial charge is 0.338 e. The van der Waals surface area contributed by atoms with Gasteiger partial charge < -0.3 is 4.90 Å². The van der Waals surface area contributed by atoms with E-state index in [1.54, 1.807) is 40.5 Å². The van der Waals surface area contributed by atoms with Crippen LogP contribution in [0.4, 0.5) is 5.13 Å². The summed E-state index contributed by atoms with van der Waals surface area (Å²) in [5.74, 6) is -0.0690. The Labute approximate surface area is 156 Å². The van der Waals surface area contributed by atoms with E-state index in [2.05, 4.69) is 14.1 Å². The van der Waals surface area contributed by atoms with Crippen molar-refractivity contribution < 1.29 is 9.69 Å². The van der Waals surface area contributed by atoms with Gasteiger partial charge in [0.25, 0.3) is 5.91 Å². The molecule has 0 spiro atoms.